The largest absolute Gasteiger partial charge is 0.316 e. The Morgan fingerprint density at radius 1 is 1.00 bits per heavy atom. The average Bonchev–Trinajstić information content (AvgIpc) is 2.20. The highest BCUT2D eigenvalue weighted by Gasteiger charge is 2.29. The summed E-state index contributed by atoms with van der Waals surface area (Å²) in [4.78, 5) is 0. The number of nitrogens with one attached hydrogen (secondary N) is 2. The van der Waals surface area contributed by atoms with E-state index >= 15 is 0 Å². The first-order valence-electron chi connectivity index (χ1n) is 5.79. The van der Waals surface area contributed by atoms with Gasteiger partial charge in [-0.05, 0) is 63.2 Å². The van der Waals surface area contributed by atoms with E-state index in [4.69, 9.17) is 0 Å². The summed E-state index contributed by atoms with van der Waals surface area (Å²) in [7, 11) is 0. The van der Waals surface area contributed by atoms with Crippen LogP contribution in [0.3, 0.4) is 0 Å². The fourth-order valence-electron chi connectivity index (χ4n) is 2.89. The van der Waals surface area contributed by atoms with Crippen LogP contribution in [0.5, 0.6) is 0 Å². The van der Waals surface area contributed by atoms with Gasteiger partial charge >= 0.3 is 0 Å². The van der Waals surface area contributed by atoms with Crippen LogP contribution in [-0.2, 0) is 0 Å². The van der Waals surface area contributed by atoms with Gasteiger partial charge in [0.25, 0.3) is 0 Å². The normalized spacial score (nSPS) is 41.8. The second-order valence-electron chi connectivity index (χ2n) is 4.74. The minimum absolute atomic E-state index is 0.932. The van der Waals surface area contributed by atoms with Crippen LogP contribution in [0.1, 0.15) is 26.2 Å². The Morgan fingerprint density at radius 2 is 1.85 bits per heavy atom. The van der Waals surface area contributed by atoms with Crippen LogP contribution in [-0.4, -0.2) is 26.2 Å². The van der Waals surface area contributed by atoms with E-state index < -0.39 is 0 Å². The van der Waals surface area contributed by atoms with Gasteiger partial charge in [0.15, 0.2) is 0 Å². The molecule has 3 atom stereocenters. The molecule has 0 bridgehead atoms. The summed E-state index contributed by atoms with van der Waals surface area (Å²) in [5.74, 6) is 2.81. The SMILES string of the molecule is CC1CCNCC1C1CCCNC1. The van der Waals surface area contributed by atoms with Crippen molar-refractivity contribution in [3.8, 4) is 0 Å². The van der Waals surface area contributed by atoms with E-state index in [1.54, 1.807) is 0 Å². The highest BCUT2D eigenvalue weighted by Crippen LogP contribution is 2.29. The molecule has 0 aromatic heterocycles. The molecule has 0 aromatic carbocycles. The molecule has 2 aliphatic heterocycles. The molecule has 0 saturated carbocycles. The van der Waals surface area contributed by atoms with Gasteiger partial charge in [-0.2, -0.15) is 0 Å². The number of hydrogen-bond donors (Lipinski definition) is 2. The first-order chi connectivity index (χ1) is 6.38. The fourth-order valence-corrected chi connectivity index (χ4v) is 2.89. The highest BCUT2D eigenvalue weighted by molar-refractivity contribution is 4.84. The minimum Gasteiger partial charge on any atom is -0.316 e. The molecule has 2 N–H and O–H groups in total. The smallest absolute Gasteiger partial charge is 0.00148 e. The third-order valence-corrected chi connectivity index (χ3v) is 3.83. The zero-order valence-electron chi connectivity index (χ0n) is 8.68. The van der Waals surface area contributed by atoms with Crippen molar-refractivity contribution in [1.29, 1.82) is 0 Å². The Balaban J connectivity index is 1.88. The second kappa shape index (κ2) is 4.43. The molecule has 0 radical (unpaired) electrons. The summed E-state index contributed by atoms with van der Waals surface area (Å²) in [5, 5.41) is 7.06. The molecule has 0 spiro atoms. The topological polar surface area (TPSA) is 24.1 Å². The first kappa shape index (κ1) is 9.47. The molecule has 76 valence electrons. The van der Waals surface area contributed by atoms with Crippen molar-refractivity contribution >= 4 is 0 Å². The molecule has 0 amide bonds. The van der Waals surface area contributed by atoms with E-state index in [2.05, 4.69) is 17.6 Å². The molecule has 2 nitrogen and oxygen atoms in total. The lowest BCUT2D eigenvalue weighted by molar-refractivity contribution is 0.162. The van der Waals surface area contributed by atoms with Crippen LogP contribution in [0.25, 0.3) is 0 Å². The van der Waals surface area contributed by atoms with E-state index in [1.165, 1.54) is 45.4 Å². The second-order valence-corrected chi connectivity index (χ2v) is 4.74. The summed E-state index contributed by atoms with van der Waals surface area (Å²) in [6.45, 7) is 7.42. The van der Waals surface area contributed by atoms with E-state index in [9.17, 15) is 0 Å². The summed E-state index contributed by atoms with van der Waals surface area (Å²) in [6.07, 6.45) is 4.21. The quantitative estimate of drug-likeness (QED) is 0.637. The fraction of sp³-hybridized carbons (Fsp3) is 1.00. The molecular formula is C11H22N2. The van der Waals surface area contributed by atoms with Crippen molar-refractivity contribution in [2.24, 2.45) is 17.8 Å². The van der Waals surface area contributed by atoms with Crippen LogP contribution in [0.2, 0.25) is 0 Å². The van der Waals surface area contributed by atoms with Gasteiger partial charge in [0.2, 0.25) is 0 Å². The van der Waals surface area contributed by atoms with Crippen molar-refractivity contribution in [2.45, 2.75) is 26.2 Å². The van der Waals surface area contributed by atoms with Gasteiger partial charge in [-0.15, -0.1) is 0 Å². The van der Waals surface area contributed by atoms with Crippen molar-refractivity contribution in [3.63, 3.8) is 0 Å². The lowest BCUT2D eigenvalue weighted by Crippen LogP contribution is -2.44. The van der Waals surface area contributed by atoms with E-state index in [0.717, 1.165) is 17.8 Å². The molecule has 2 heteroatoms. The van der Waals surface area contributed by atoms with Crippen LogP contribution < -0.4 is 10.6 Å². The molecule has 2 rings (SSSR count). The first-order valence-corrected chi connectivity index (χ1v) is 5.79. The lowest BCUT2D eigenvalue weighted by Gasteiger charge is -2.38. The van der Waals surface area contributed by atoms with Gasteiger partial charge in [0, 0.05) is 0 Å². The van der Waals surface area contributed by atoms with Gasteiger partial charge in [-0.3, -0.25) is 0 Å². The minimum atomic E-state index is 0.932. The molecular weight excluding hydrogens is 160 g/mol. The summed E-state index contributed by atoms with van der Waals surface area (Å²) >= 11 is 0. The number of hydrogen-bond acceptors (Lipinski definition) is 2. The van der Waals surface area contributed by atoms with Crippen molar-refractivity contribution < 1.29 is 0 Å². The van der Waals surface area contributed by atoms with Gasteiger partial charge in [0.05, 0.1) is 0 Å². The Hall–Kier alpha value is -0.0800. The van der Waals surface area contributed by atoms with Gasteiger partial charge in [-0.25, -0.2) is 0 Å². The molecule has 2 fully saturated rings. The van der Waals surface area contributed by atoms with E-state index in [-0.39, 0.29) is 0 Å². The molecule has 2 heterocycles. The molecule has 0 aliphatic carbocycles. The zero-order chi connectivity index (χ0) is 9.10. The van der Waals surface area contributed by atoms with Crippen LogP contribution >= 0.6 is 0 Å². The summed E-state index contributed by atoms with van der Waals surface area (Å²) in [6, 6.07) is 0. The third-order valence-electron chi connectivity index (χ3n) is 3.83. The molecule has 2 saturated heterocycles. The van der Waals surface area contributed by atoms with E-state index in [0.29, 0.717) is 0 Å². The Morgan fingerprint density at radius 3 is 2.54 bits per heavy atom. The van der Waals surface area contributed by atoms with Gasteiger partial charge in [0.1, 0.15) is 0 Å². The maximum absolute atomic E-state index is 3.53. The zero-order valence-corrected chi connectivity index (χ0v) is 8.68. The highest BCUT2D eigenvalue weighted by atomic mass is 14.9. The monoisotopic (exact) mass is 182 g/mol. The lowest BCUT2D eigenvalue weighted by atomic mass is 9.76. The van der Waals surface area contributed by atoms with Crippen LogP contribution in [0.4, 0.5) is 0 Å². The Labute approximate surface area is 81.5 Å². The number of piperidine rings is 2. The molecule has 0 aromatic rings. The predicted molar refractivity (Wildman–Crippen MR) is 55.7 cm³/mol. The van der Waals surface area contributed by atoms with Gasteiger partial charge < -0.3 is 10.6 Å². The summed E-state index contributed by atoms with van der Waals surface area (Å²) < 4.78 is 0. The average molecular weight is 182 g/mol. The van der Waals surface area contributed by atoms with Gasteiger partial charge in [-0.1, -0.05) is 6.92 Å². The van der Waals surface area contributed by atoms with Crippen molar-refractivity contribution in [3.05, 3.63) is 0 Å². The van der Waals surface area contributed by atoms with Crippen molar-refractivity contribution in [2.75, 3.05) is 26.2 Å². The maximum atomic E-state index is 3.53. The summed E-state index contributed by atoms with van der Waals surface area (Å²) in [5.41, 5.74) is 0. The molecule has 3 unspecified atom stereocenters. The Bertz CT molecular complexity index is 152. The third kappa shape index (κ3) is 2.23. The Kier molecular flexibility index (Phi) is 3.23. The molecule has 13 heavy (non-hydrogen) atoms. The predicted octanol–water partition coefficient (Wildman–Crippen LogP) is 1.23. The maximum Gasteiger partial charge on any atom is -0.00148 e. The van der Waals surface area contributed by atoms with Crippen LogP contribution in [0, 0.1) is 17.8 Å². The van der Waals surface area contributed by atoms with E-state index in [1.807, 2.05) is 0 Å². The van der Waals surface area contributed by atoms with Crippen LogP contribution in [0.15, 0.2) is 0 Å². The number of rotatable bonds is 1. The standard InChI is InChI=1S/C11H22N2/c1-9-4-6-13-8-11(9)10-3-2-5-12-7-10/h9-13H,2-8H2,1H3. The molecule has 2 aliphatic rings. The van der Waals surface area contributed by atoms with Crippen molar-refractivity contribution in [1.82, 2.24) is 10.6 Å².